The van der Waals surface area contributed by atoms with Crippen LogP contribution in [0.5, 0.6) is 0 Å². The van der Waals surface area contributed by atoms with Crippen LogP contribution in [0.1, 0.15) is 38.7 Å². The number of nitrogens with one attached hydrogen (secondary N) is 1. The molecule has 0 heterocycles. The Balaban J connectivity index is 2.67. The fourth-order valence-electron chi connectivity index (χ4n) is 2.10. The van der Waals surface area contributed by atoms with Crippen molar-refractivity contribution in [2.45, 2.75) is 51.6 Å². The Labute approximate surface area is 113 Å². The monoisotopic (exact) mass is 267 g/mol. The first-order valence-electron chi connectivity index (χ1n) is 6.80. The minimum Gasteiger partial charge on any atom is -0.480 e. The molecule has 0 radical (unpaired) electrons. The summed E-state index contributed by atoms with van der Waals surface area (Å²) >= 11 is 0. The van der Waals surface area contributed by atoms with Crippen molar-refractivity contribution in [3.63, 3.8) is 0 Å². The minimum atomic E-state index is -0.839. The van der Waals surface area contributed by atoms with Crippen molar-refractivity contribution in [3.8, 4) is 0 Å². The van der Waals surface area contributed by atoms with Crippen LogP contribution in [-0.4, -0.2) is 23.2 Å². The van der Waals surface area contributed by atoms with E-state index < -0.39 is 12.0 Å². The molecular weight excluding hydrogens is 245 g/mol. The number of hydrogen-bond donors (Lipinski definition) is 2. The molecule has 0 aliphatic carbocycles. The van der Waals surface area contributed by atoms with Crippen LogP contribution in [0.25, 0.3) is 0 Å². The summed E-state index contributed by atoms with van der Waals surface area (Å²) in [6.07, 6.45) is 2.67. The Morgan fingerprint density at radius 2 is 2.05 bits per heavy atom. The number of aliphatic carboxylic acids is 1. The zero-order chi connectivity index (χ0) is 14.3. The van der Waals surface area contributed by atoms with Crippen LogP contribution >= 0.6 is 0 Å². The Morgan fingerprint density at radius 1 is 1.37 bits per heavy atom. The van der Waals surface area contributed by atoms with Gasteiger partial charge in [0.1, 0.15) is 11.9 Å². The van der Waals surface area contributed by atoms with Crippen LogP contribution in [0.3, 0.4) is 0 Å². The van der Waals surface area contributed by atoms with Crippen molar-refractivity contribution in [2.24, 2.45) is 0 Å². The average Bonchev–Trinajstić information content (AvgIpc) is 2.39. The third kappa shape index (κ3) is 4.99. The van der Waals surface area contributed by atoms with Gasteiger partial charge in [-0.2, -0.15) is 0 Å². The molecule has 106 valence electrons. The molecule has 2 unspecified atom stereocenters. The molecule has 0 amide bonds. The number of carboxylic acids is 1. The lowest BCUT2D eigenvalue weighted by Gasteiger charge is -2.22. The highest BCUT2D eigenvalue weighted by atomic mass is 19.1. The van der Waals surface area contributed by atoms with E-state index in [1.165, 1.54) is 6.07 Å². The second-order valence-corrected chi connectivity index (χ2v) is 4.75. The van der Waals surface area contributed by atoms with E-state index in [0.717, 1.165) is 12.8 Å². The highest BCUT2D eigenvalue weighted by molar-refractivity contribution is 5.73. The van der Waals surface area contributed by atoms with E-state index in [9.17, 15) is 9.18 Å². The molecule has 0 spiro atoms. The summed E-state index contributed by atoms with van der Waals surface area (Å²) < 4.78 is 13.6. The van der Waals surface area contributed by atoms with E-state index in [-0.39, 0.29) is 11.9 Å². The normalized spacial score (nSPS) is 14.1. The standard InChI is InChI=1S/C15H22FNO2/c1-3-7-14(15(18)19)17-12(4-2)10-11-8-5-6-9-13(11)16/h5-6,8-9,12,14,17H,3-4,7,10H2,1-2H3,(H,18,19). The molecular formula is C15H22FNO2. The number of rotatable bonds is 8. The molecule has 0 aliphatic heterocycles. The Morgan fingerprint density at radius 3 is 2.58 bits per heavy atom. The highest BCUT2D eigenvalue weighted by Gasteiger charge is 2.20. The predicted molar refractivity (Wildman–Crippen MR) is 73.7 cm³/mol. The van der Waals surface area contributed by atoms with Gasteiger partial charge in [-0.15, -0.1) is 0 Å². The molecule has 0 bridgehead atoms. The van der Waals surface area contributed by atoms with Crippen molar-refractivity contribution in [1.29, 1.82) is 0 Å². The highest BCUT2D eigenvalue weighted by Crippen LogP contribution is 2.12. The van der Waals surface area contributed by atoms with Gasteiger partial charge in [0.2, 0.25) is 0 Å². The van der Waals surface area contributed by atoms with Crippen molar-refractivity contribution >= 4 is 5.97 Å². The van der Waals surface area contributed by atoms with Gasteiger partial charge in [0.25, 0.3) is 0 Å². The largest absolute Gasteiger partial charge is 0.480 e. The fraction of sp³-hybridized carbons (Fsp3) is 0.533. The smallest absolute Gasteiger partial charge is 0.320 e. The topological polar surface area (TPSA) is 49.3 Å². The predicted octanol–water partition coefficient (Wildman–Crippen LogP) is 2.99. The molecule has 0 saturated carbocycles. The molecule has 2 atom stereocenters. The van der Waals surface area contributed by atoms with Crippen molar-refractivity contribution in [1.82, 2.24) is 5.32 Å². The van der Waals surface area contributed by atoms with Crippen molar-refractivity contribution in [2.75, 3.05) is 0 Å². The fourth-order valence-corrected chi connectivity index (χ4v) is 2.10. The van der Waals surface area contributed by atoms with Gasteiger partial charge >= 0.3 is 5.97 Å². The number of carbonyl (C=O) groups is 1. The van der Waals surface area contributed by atoms with Gasteiger partial charge in [-0.3, -0.25) is 4.79 Å². The Bertz CT molecular complexity index is 409. The number of benzene rings is 1. The van der Waals surface area contributed by atoms with Gasteiger partial charge in [-0.1, -0.05) is 38.5 Å². The number of halogens is 1. The second-order valence-electron chi connectivity index (χ2n) is 4.75. The van der Waals surface area contributed by atoms with E-state index >= 15 is 0 Å². The summed E-state index contributed by atoms with van der Waals surface area (Å²) in [6.45, 7) is 3.93. The summed E-state index contributed by atoms with van der Waals surface area (Å²) in [5.41, 5.74) is 0.627. The lowest BCUT2D eigenvalue weighted by atomic mass is 10.0. The molecule has 0 aliphatic rings. The summed E-state index contributed by atoms with van der Waals surface area (Å²) in [7, 11) is 0. The molecule has 1 aromatic carbocycles. The van der Waals surface area contributed by atoms with E-state index in [1.807, 2.05) is 13.8 Å². The van der Waals surface area contributed by atoms with Gasteiger partial charge in [0.15, 0.2) is 0 Å². The van der Waals surface area contributed by atoms with E-state index in [4.69, 9.17) is 5.11 Å². The van der Waals surface area contributed by atoms with Crippen LogP contribution in [0.2, 0.25) is 0 Å². The average molecular weight is 267 g/mol. The summed E-state index contributed by atoms with van der Waals surface area (Å²) in [5.74, 6) is -1.07. The molecule has 1 rings (SSSR count). The van der Waals surface area contributed by atoms with Gasteiger partial charge in [0.05, 0.1) is 0 Å². The lowest BCUT2D eigenvalue weighted by Crippen LogP contribution is -2.44. The third-order valence-corrected chi connectivity index (χ3v) is 3.23. The molecule has 0 fully saturated rings. The minimum absolute atomic E-state index is 0.0236. The molecule has 4 heteroatoms. The zero-order valence-corrected chi connectivity index (χ0v) is 11.5. The SMILES string of the molecule is CCCC(NC(CC)Cc1ccccc1F)C(=O)O. The quantitative estimate of drug-likeness (QED) is 0.761. The maximum Gasteiger partial charge on any atom is 0.320 e. The van der Waals surface area contributed by atoms with E-state index in [0.29, 0.717) is 18.4 Å². The maximum atomic E-state index is 13.6. The van der Waals surface area contributed by atoms with Gasteiger partial charge in [0, 0.05) is 6.04 Å². The Hall–Kier alpha value is -1.42. The first-order valence-corrected chi connectivity index (χ1v) is 6.80. The van der Waals surface area contributed by atoms with E-state index in [2.05, 4.69) is 5.32 Å². The van der Waals surface area contributed by atoms with Crippen LogP contribution in [-0.2, 0) is 11.2 Å². The molecule has 0 aromatic heterocycles. The van der Waals surface area contributed by atoms with Crippen molar-refractivity contribution < 1.29 is 14.3 Å². The third-order valence-electron chi connectivity index (χ3n) is 3.23. The number of carboxylic acid groups (broad SMARTS) is 1. The second kappa shape index (κ2) is 7.89. The molecule has 2 N–H and O–H groups in total. The number of hydrogen-bond acceptors (Lipinski definition) is 2. The Kier molecular flexibility index (Phi) is 6.50. The summed E-state index contributed by atoms with van der Waals surface area (Å²) in [5, 5.41) is 12.2. The van der Waals surface area contributed by atoms with Crippen LogP contribution in [0.4, 0.5) is 4.39 Å². The molecule has 3 nitrogen and oxygen atoms in total. The zero-order valence-electron chi connectivity index (χ0n) is 11.5. The van der Waals surface area contributed by atoms with Gasteiger partial charge in [-0.05, 0) is 30.9 Å². The first-order chi connectivity index (χ1) is 9.08. The summed E-state index contributed by atoms with van der Waals surface area (Å²) in [6, 6.07) is 6.06. The lowest BCUT2D eigenvalue weighted by molar-refractivity contribution is -0.139. The van der Waals surface area contributed by atoms with Crippen LogP contribution in [0.15, 0.2) is 24.3 Å². The van der Waals surface area contributed by atoms with Gasteiger partial charge < -0.3 is 10.4 Å². The van der Waals surface area contributed by atoms with E-state index in [1.54, 1.807) is 18.2 Å². The maximum absolute atomic E-state index is 13.6. The van der Waals surface area contributed by atoms with Crippen LogP contribution < -0.4 is 5.32 Å². The first kappa shape index (κ1) is 15.6. The molecule has 0 saturated heterocycles. The summed E-state index contributed by atoms with van der Waals surface area (Å²) in [4.78, 5) is 11.1. The van der Waals surface area contributed by atoms with Gasteiger partial charge in [-0.25, -0.2) is 4.39 Å². The van der Waals surface area contributed by atoms with Crippen molar-refractivity contribution in [3.05, 3.63) is 35.6 Å². The van der Waals surface area contributed by atoms with Crippen LogP contribution in [0, 0.1) is 5.82 Å². The molecule has 1 aromatic rings. The molecule has 19 heavy (non-hydrogen) atoms.